The molecule has 2 rings (SSSR count). The van der Waals surface area contributed by atoms with Crippen LogP contribution >= 0.6 is 0 Å². The molecule has 0 saturated carbocycles. The fraction of sp³-hybridized carbons (Fsp3) is 0.545. The molecule has 1 aliphatic rings. The van der Waals surface area contributed by atoms with Crippen molar-refractivity contribution in [1.82, 2.24) is 19.8 Å². The zero-order valence-electron chi connectivity index (χ0n) is 10.00. The third-order valence-electron chi connectivity index (χ3n) is 3.07. The first-order valence-corrected chi connectivity index (χ1v) is 5.52. The summed E-state index contributed by atoms with van der Waals surface area (Å²) < 4.78 is 0. The fourth-order valence-corrected chi connectivity index (χ4v) is 1.91. The fourth-order valence-electron chi connectivity index (χ4n) is 1.91. The van der Waals surface area contributed by atoms with Crippen molar-refractivity contribution in [3.63, 3.8) is 0 Å². The van der Waals surface area contributed by atoms with Crippen LogP contribution in [-0.4, -0.2) is 64.6 Å². The molecule has 0 spiro atoms. The molecule has 92 valence electrons. The highest BCUT2D eigenvalue weighted by Crippen LogP contribution is 2.19. The van der Waals surface area contributed by atoms with Crippen LogP contribution in [0.2, 0.25) is 0 Å². The third-order valence-corrected chi connectivity index (χ3v) is 3.07. The van der Waals surface area contributed by atoms with E-state index in [1.165, 1.54) is 12.4 Å². The van der Waals surface area contributed by atoms with Gasteiger partial charge in [-0.3, -0.25) is 4.90 Å². The molecule has 2 heterocycles. The number of carboxylic acid groups (broad SMARTS) is 1. The lowest BCUT2D eigenvalue weighted by Gasteiger charge is -2.36. The van der Waals surface area contributed by atoms with Crippen LogP contribution in [0.15, 0.2) is 12.4 Å². The average Bonchev–Trinajstić information content (AvgIpc) is 2.32. The van der Waals surface area contributed by atoms with Gasteiger partial charge in [0.2, 0.25) is 0 Å². The van der Waals surface area contributed by atoms with Gasteiger partial charge in [0.25, 0.3) is 0 Å². The molecule has 1 saturated heterocycles. The maximum atomic E-state index is 10.7. The first kappa shape index (κ1) is 11.9. The molecular weight excluding hydrogens is 220 g/mol. The summed E-state index contributed by atoms with van der Waals surface area (Å²) >= 11 is 0. The third kappa shape index (κ3) is 2.59. The highest BCUT2D eigenvalue weighted by Gasteiger charge is 2.25. The highest BCUT2D eigenvalue weighted by molar-refractivity contribution is 5.86. The summed E-state index contributed by atoms with van der Waals surface area (Å²) in [5.74, 6) is -0.310. The van der Waals surface area contributed by atoms with Crippen molar-refractivity contribution >= 4 is 5.97 Å². The van der Waals surface area contributed by atoms with E-state index < -0.39 is 5.97 Å². The van der Waals surface area contributed by atoms with Gasteiger partial charge in [0.1, 0.15) is 5.82 Å². The van der Waals surface area contributed by atoms with Gasteiger partial charge in [-0.1, -0.05) is 0 Å². The van der Waals surface area contributed by atoms with Gasteiger partial charge >= 0.3 is 5.97 Å². The molecule has 1 atom stereocenters. The Labute approximate surface area is 99.9 Å². The Morgan fingerprint density at radius 1 is 1.35 bits per heavy atom. The van der Waals surface area contributed by atoms with Crippen LogP contribution in [0.3, 0.4) is 0 Å². The molecule has 0 radical (unpaired) electrons. The SMILES string of the molecule is CN1CCN(C)C(c2ncc(C(=O)O)cn2)C1. The predicted octanol–water partition coefficient (Wildman–Crippen LogP) is 0.0931. The van der Waals surface area contributed by atoms with Gasteiger partial charge < -0.3 is 10.0 Å². The number of carboxylic acids is 1. The van der Waals surface area contributed by atoms with Crippen molar-refractivity contribution in [3.8, 4) is 0 Å². The molecule has 1 aliphatic heterocycles. The van der Waals surface area contributed by atoms with E-state index in [-0.39, 0.29) is 11.6 Å². The Balaban J connectivity index is 2.18. The second-order valence-electron chi connectivity index (χ2n) is 4.39. The molecule has 6 heteroatoms. The Hall–Kier alpha value is -1.53. The summed E-state index contributed by atoms with van der Waals surface area (Å²) in [5.41, 5.74) is 0.126. The maximum absolute atomic E-state index is 10.7. The summed E-state index contributed by atoms with van der Waals surface area (Å²) in [4.78, 5) is 23.4. The lowest BCUT2D eigenvalue weighted by atomic mass is 10.1. The van der Waals surface area contributed by atoms with Crippen LogP contribution in [0, 0.1) is 0 Å². The van der Waals surface area contributed by atoms with Crippen molar-refractivity contribution in [2.75, 3.05) is 33.7 Å². The van der Waals surface area contributed by atoms with Gasteiger partial charge in [-0.2, -0.15) is 0 Å². The molecule has 1 aromatic rings. The minimum Gasteiger partial charge on any atom is -0.478 e. The molecule has 6 nitrogen and oxygen atoms in total. The molecule has 1 N–H and O–H groups in total. The Morgan fingerprint density at radius 3 is 2.59 bits per heavy atom. The number of hydrogen-bond acceptors (Lipinski definition) is 5. The number of aromatic nitrogens is 2. The predicted molar refractivity (Wildman–Crippen MR) is 61.9 cm³/mol. The molecule has 0 aromatic carbocycles. The van der Waals surface area contributed by atoms with E-state index in [1.807, 2.05) is 7.05 Å². The summed E-state index contributed by atoms with van der Waals surface area (Å²) in [7, 11) is 4.09. The van der Waals surface area contributed by atoms with Crippen molar-refractivity contribution in [3.05, 3.63) is 23.8 Å². The number of aromatic carboxylic acids is 1. The van der Waals surface area contributed by atoms with E-state index in [9.17, 15) is 4.79 Å². The van der Waals surface area contributed by atoms with Crippen LogP contribution in [0.4, 0.5) is 0 Å². The molecule has 0 aliphatic carbocycles. The maximum Gasteiger partial charge on any atom is 0.338 e. The number of likely N-dealkylation sites (N-methyl/N-ethyl adjacent to an activating group) is 2. The van der Waals surface area contributed by atoms with Gasteiger partial charge in [0.05, 0.1) is 11.6 Å². The van der Waals surface area contributed by atoms with Crippen LogP contribution in [0.25, 0.3) is 0 Å². The molecule has 1 fully saturated rings. The second-order valence-corrected chi connectivity index (χ2v) is 4.39. The first-order valence-electron chi connectivity index (χ1n) is 5.52. The normalized spacial score (nSPS) is 22.6. The number of hydrogen-bond donors (Lipinski definition) is 1. The average molecular weight is 236 g/mol. The topological polar surface area (TPSA) is 69.6 Å². The van der Waals surface area contributed by atoms with E-state index in [0.717, 1.165) is 19.6 Å². The van der Waals surface area contributed by atoms with E-state index in [0.29, 0.717) is 5.82 Å². The monoisotopic (exact) mass is 236 g/mol. The minimum atomic E-state index is -0.995. The number of carbonyl (C=O) groups is 1. The standard InChI is InChI=1S/C11H16N4O2/c1-14-3-4-15(2)9(7-14)10-12-5-8(6-13-10)11(16)17/h5-6,9H,3-4,7H2,1-2H3,(H,16,17). The van der Waals surface area contributed by atoms with Crippen LogP contribution in [-0.2, 0) is 0 Å². The van der Waals surface area contributed by atoms with E-state index in [2.05, 4.69) is 26.8 Å². The molecule has 0 bridgehead atoms. The quantitative estimate of drug-likeness (QED) is 0.785. The van der Waals surface area contributed by atoms with Crippen molar-refractivity contribution in [2.24, 2.45) is 0 Å². The largest absolute Gasteiger partial charge is 0.478 e. The minimum absolute atomic E-state index is 0.126. The van der Waals surface area contributed by atoms with Gasteiger partial charge in [0, 0.05) is 32.0 Å². The van der Waals surface area contributed by atoms with E-state index >= 15 is 0 Å². The lowest BCUT2D eigenvalue weighted by molar-refractivity contribution is 0.0695. The van der Waals surface area contributed by atoms with E-state index in [4.69, 9.17) is 5.11 Å². The number of piperazine rings is 1. The van der Waals surface area contributed by atoms with Gasteiger partial charge in [-0.05, 0) is 14.1 Å². The molecular formula is C11H16N4O2. The summed E-state index contributed by atoms with van der Waals surface area (Å²) in [6.45, 7) is 2.86. The molecule has 0 amide bonds. The van der Waals surface area contributed by atoms with Crippen molar-refractivity contribution < 1.29 is 9.90 Å². The van der Waals surface area contributed by atoms with E-state index in [1.54, 1.807) is 0 Å². The van der Waals surface area contributed by atoms with Gasteiger partial charge in [0.15, 0.2) is 0 Å². The number of rotatable bonds is 2. The zero-order chi connectivity index (χ0) is 12.4. The van der Waals surface area contributed by atoms with Gasteiger partial charge in [-0.25, -0.2) is 14.8 Å². The summed E-state index contributed by atoms with van der Waals surface area (Å²) in [6, 6.07) is 0.136. The van der Waals surface area contributed by atoms with Gasteiger partial charge in [-0.15, -0.1) is 0 Å². The summed E-state index contributed by atoms with van der Waals surface area (Å²) in [6.07, 6.45) is 2.74. The Kier molecular flexibility index (Phi) is 3.35. The van der Waals surface area contributed by atoms with Crippen LogP contribution in [0.5, 0.6) is 0 Å². The zero-order valence-corrected chi connectivity index (χ0v) is 10.00. The molecule has 1 aromatic heterocycles. The molecule has 17 heavy (non-hydrogen) atoms. The second kappa shape index (κ2) is 4.77. The van der Waals surface area contributed by atoms with Crippen molar-refractivity contribution in [2.45, 2.75) is 6.04 Å². The Morgan fingerprint density at radius 2 is 2.00 bits per heavy atom. The lowest BCUT2D eigenvalue weighted by Crippen LogP contribution is -2.45. The number of nitrogens with zero attached hydrogens (tertiary/aromatic N) is 4. The molecule has 1 unspecified atom stereocenters. The summed E-state index contributed by atoms with van der Waals surface area (Å²) in [5, 5.41) is 8.78. The first-order chi connectivity index (χ1) is 8.08. The van der Waals surface area contributed by atoms with Crippen molar-refractivity contribution in [1.29, 1.82) is 0 Å². The highest BCUT2D eigenvalue weighted by atomic mass is 16.4. The van der Waals surface area contributed by atoms with Crippen LogP contribution in [0.1, 0.15) is 22.2 Å². The van der Waals surface area contributed by atoms with Crippen LogP contribution < -0.4 is 0 Å². The smallest absolute Gasteiger partial charge is 0.338 e. The Bertz CT molecular complexity index is 406.